The molecule has 1 heterocycles. The Hall–Kier alpha value is -1.09. The predicted octanol–water partition coefficient (Wildman–Crippen LogP) is 3.00. The summed E-state index contributed by atoms with van der Waals surface area (Å²) in [4.78, 5) is 4.26. The molecular formula is C15H25N3. The Morgan fingerprint density at radius 3 is 3.00 bits per heavy atom. The molecule has 2 atom stereocenters. The maximum Gasteiger partial charge on any atom is 0.127 e. The molecule has 0 amide bonds. The van der Waals surface area contributed by atoms with E-state index in [1.165, 1.54) is 43.2 Å². The minimum Gasteiger partial charge on any atom is -0.383 e. The minimum absolute atomic E-state index is 0.585. The van der Waals surface area contributed by atoms with Crippen molar-refractivity contribution in [1.29, 1.82) is 0 Å². The number of aromatic nitrogens is 1. The lowest BCUT2D eigenvalue weighted by molar-refractivity contribution is 0.340. The lowest BCUT2D eigenvalue weighted by Crippen LogP contribution is -2.34. The van der Waals surface area contributed by atoms with Gasteiger partial charge in [0.25, 0.3) is 0 Å². The zero-order chi connectivity index (χ0) is 13.0. The third kappa shape index (κ3) is 3.02. The second kappa shape index (κ2) is 6.19. The maximum atomic E-state index is 6.07. The number of aryl methyl sites for hydroxylation is 1. The second-order valence-corrected chi connectivity index (χ2v) is 5.44. The Balaban J connectivity index is 2.08. The van der Waals surface area contributed by atoms with Crippen molar-refractivity contribution >= 4 is 5.82 Å². The molecule has 1 aromatic heterocycles. The molecule has 3 nitrogen and oxygen atoms in total. The number of pyridine rings is 1. The van der Waals surface area contributed by atoms with Crippen molar-refractivity contribution in [2.75, 3.05) is 12.3 Å². The monoisotopic (exact) mass is 247 g/mol. The zero-order valence-electron chi connectivity index (χ0n) is 11.6. The van der Waals surface area contributed by atoms with Gasteiger partial charge in [-0.05, 0) is 56.7 Å². The van der Waals surface area contributed by atoms with Gasteiger partial charge in [-0.15, -0.1) is 0 Å². The fraction of sp³-hybridized carbons (Fsp3) is 0.667. The highest BCUT2D eigenvalue weighted by molar-refractivity contribution is 5.46. The summed E-state index contributed by atoms with van der Waals surface area (Å²) in [5.41, 5.74) is 8.65. The van der Waals surface area contributed by atoms with E-state index in [0.717, 1.165) is 12.4 Å². The fourth-order valence-corrected chi connectivity index (χ4v) is 3.11. The summed E-state index contributed by atoms with van der Waals surface area (Å²) in [5, 5.41) is 3.65. The Labute approximate surface area is 110 Å². The van der Waals surface area contributed by atoms with Gasteiger partial charge in [-0.2, -0.15) is 0 Å². The van der Waals surface area contributed by atoms with Crippen LogP contribution in [0.5, 0.6) is 0 Å². The van der Waals surface area contributed by atoms with E-state index in [1.54, 1.807) is 0 Å². The molecular weight excluding hydrogens is 222 g/mol. The highest BCUT2D eigenvalue weighted by Gasteiger charge is 2.25. The van der Waals surface area contributed by atoms with E-state index in [-0.39, 0.29) is 0 Å². The number of anilines is 1. The fourth-order valence-electron chi connectivity index (χ4n) is 3.11. The summed E-state index contributed by atoms with van der Waals surface area (Å²) in [6.07, 6.45) is 8.06. The van der Waals surface area contributed by atoms with Gasteiger partial charge in [0.15, 0.2) is 0 Å². The number of nitrogens with zero attached hydrogens (tertiary/aromatic N) is 1. The van der Waals surface area contributed by atoms with Gasteiger partial charge < -0.3 is 11.1 Å². The molecule has 0 saturated heterocycles. The molecule has 0 spiro atoms. The first-order chi connectivity index (χ1) is 8.72. The Bertz CT molecular complexity index is 369. The zero-order valence-corrected chi connectivity index (χ0v) is 11.6. The summed E-state index contributed by atoms with van der Waals surface area (Å²) in [6, 6.07) is 2.73. The average molecular weight is 247 g/mol. The highest BCUT2D eigenvalue weighted by Crippen LogP contribution is 2.36. The Morgan fingerprint density at radius 2 is 2.28 bits per heavy atom. The lowest BCUT2D eigenvalue weighted by Gasteiger charge is -2.31. The molecule has 0 aliphatic heterocycles. The van der Waals surface area contributed by atoms with Gasteiger partial charge in [0, 0.05) is 17.8 Å². The number of nitrogen functional groups attached to an aromatic ring is 1. The number of nitrogens with two attached hydrogens (primary N) is 1. The van der Waals surface area contributed by atoms with Crippen molar-refractivity contribution in [2.45, 2.75) is 57.9 Å². The van der Waals surface area contributed by atoms with Crippen molar-refractivity contribution in [3.05, 3.63) is 23.4 Å². The number of hydrogen-bond acceptors (Lipinski definition) is 3. The normalized spacial score (nSPS) is 24.1. The third-order valence-electron chi connectivity index (χ3n) is 4.00. The second-order valence-electron chi connectivity index (χ2n) is 5.44. The summed E-state index contributed by atoms with van der Waals surface area (Å²) < 4.78 is 0. The van der Waals surface area contributed by atoms with Crippen LogP contribution >= 0.6 is 0 Å². The third-order valence-corrected chi connectivity index (χ3v) is 4.00. The molecule has 1 aromatic rings. The minimum atomic E-state index is 0.585. The molecule has 3 heteroatoms. The standard InChI is InChI=1S/C15H25N3/c1-3-8-17-13-6-4-5-12(10-13)14-11(2)7-9-18-15(14)16/h7,9,12-13,17H,3-6,8,10H2,1-2H3,(H2,16,18). The van der Waals surface area contributed by atoms with Gasteiger partial charge >= 0.3 is 0 Å². The van der Waals surface area contributed by atoms with Crippen LogP contribution in [0.1, 0.15) is 56.1 Å². The van der Waals surface area contributed by atoms with Crippen LogP contribution in [0.4, 0.5) is 5.82 Å². The molecule has 1 aliphatic rings. The van der Waals surface area contributed by atoms with E-state index in [2.05, 4.69) is 30.2 Å². The average Bonchev–Trinajstić information content (AvgIpc) is 2.37. The summed E-state index contributed by atoms with van der Waals surface area (Å²) in [7, 11) is 0. The molecule has 2 rings (SSSR count). The van der Waals surface area contributed by atoms with E-state index in [0.29, 0.717) is 12.0 Å². The molecule has 1 saturated carbocycles. The molecule has 100 valence electrons. The summed E-state index contributed by atoms with van der Waals surface area (Å²) in [6.45, 7) is 5.49. The van der Waals surface area contributed by atoms with Crippen LogP contribution in [-0.2, 0) is 0 Å². The maximum absolute atomic E-state index is 6.07. The van der Waals surface area contributed by atoms with Gasteiger partial charge in [0.2, 0.25) is 0 Å². The van der Waals surface area contributed by atoms with E-state index in [9.17, 15) is 0 Å². The number of hydrogen-bond donors (Lipinski definition) is 2. The van der Waals surface area contributed by atoms with Gasteiger partial charge in [0.1, 0.15) is 5.82 Å². The number of rotatable bonds is 4. The largest absolute Gasteiger partial charge is 0.383 e. The topological polar surface area (TPSA) is 50.9 Å². The molecule has 1 aliphatic carbocycles. The molecule has 2 unspecified atom stereocenters. The van der Waals surface area contributed by atoms with Gasteiger partial charge in [-0.3, -0.25) is 0 Å². The van der Waals surface area contributed by atoms with Crippen LogP contribution < -0.4 is 11.1 Å². The quantitative estimate of drug-likeness (QED) is 0.860. The Morgan fingerprint density at radius 1 is 1.44 bits per heavy atom. The molecule has 3 N–H and O–H groups in total. The van der Waals surface area contributed by atoms with Crippen molar-refractivity contribution in [2.24, 2.45) is 0 Å². The van der Waals surface area contributed by atoms with Crippen LogP contribution in [0, 0.1) is 6.92 Å². The molecule has 0 bridgehead atoms. The first kappa shape index (κ1) is 13.3. The summed E-state index contributed by atoms with van der Waals surface area (Å²) >= 11 is 0. The lowest BCUT2D eigenvalue weighted by atomic mass is 9.80. The molecule has 0 aromatic carbocycles. The predicted molar refractivity (Wildman–Crippen MR) is 76.7 cm³/mol. The van der Waals surface area contributed by atoms with Crippen LogP contribution in [0.3, 0.4) is 0 Å². The van der Waals surface area contributed by atoms with Crippen molar-refractivity contribution in [3.8, 4) is 0 Å². The van der Waals surface area contributed by atoms with Gasteiger partial charge in [-0.1, -0.05) is 13.3 Å². The van der Waals surface area contributed by atoms with Crippen molar-refractivity contribution in [1.82, 2.24) is 10.3 Å². The van der Waals surface area contributed by atoms with Crippen molar-refractivity contribution < 1.29 is 0 Å². The molecule has 0 radical (unpaired) electrons. The first-order valence-electron chi connectivity index (χ1n) is 7.16. The molecule has 1 fully saturated rings. The first-order valence-corrected chi connectivity index (χ1v) is 7.16. The SMILES string of the molecule is CCCNC1CCCC(c2c(C)ccnc2N)C1. The van der Waals surface area contributed by atoms with Crippen LogP contribution in [0.15, 0.2) is 12.3 Å². The van der Waals surface area contributed by atoms with Crippen LogP contribution in [-0.4, -0.2) is 17.6 Å². The number of nitrogens with one attached hydrogen (secondary N) is 1. The van der Waals surface area contributed by atoms with E-state index >= 15 is 0 Å². The smallest absolute Gasteiger partial charge is 0.127 e. The molecule has 18 heavy (non-hydrogen) atoms. The summed E-state index contributed by atoms with van der Waals surface area (Å²) in [5.74, 6) is 1.32. The van der Waals surface area contributed by atoms with Gasteiger partial charge in [0.05, 0.1) is 0 Å². The van der Waals surface area contributed by atoms with Crippen LogP contribution in [0.25, 0.3) is 0 Å². The van der Waals surface area contributed by atoms with Crippen molar-refractivity contribution in [3.63, 3.8) is 0 Å². The van der Waals surface area contributed by atoms with E-state index in [4.69, 9.17) is 5.73 Å². The van der Waals surface area contributed by atoms with Crippen LogP contribution in [0.2, 0.25) is 0 Å². The van der Waals surface area contributed by atoms with Gasteiger partial charge in [-0.25, -0.2) is 4.98 Å². The van der Waals surface area contributed by atoms with E-state index < -0.39 is 0 Å². The van der Waals surface area contributed by atoms with E-state index in [1.807, 2.05) is 6.20 Å². The highest BCUT2D eigenvalue weighted by atomic mass is 14.9. The Kier molecular flexibility index (Phi) is 4.59.